The summed E-state index contributed by atoms with van der Waals surface area (Å²) < 4.78 is 45.0. The van der Waals surface area contributed by atoms with E-state index in [2.05, 4.69) is 9.97 Å². The molecule has 1 heterocycles. The van der Waals surface area contributed by atoms with Crippen molar-refractivity contribution in [3.63, 3.8) is 0 Å². The lowest BCUT2D eigenvalue weighted by Gasteiger charge is -2.24. The van der Waals surface area contributed by atoms with Crippen molar-refractivity contribution >= 4 is 23.2 Å². The predicted molar refractivity (Wildman–Crippen MR) is 91.5 cm³/mol. The fourth-order valence-electron chi connectivity index (χ4n) is 2.14. The number of hydrogen-bond donors (Lipinski definition) is 0. The quantitative estimate of drug-likeness (QED) is 0.671. The van der Waals surface area contributed by atoms with Crippen LogP contribution in [0.5, 0.6) is 5.88 Å². The molecule has 1 aromatic heterocycles. The Kier molecular flexibility index (Phi) is 6.11. The summed E-state index contributed by atoms with van der Waals surface area (Å²) in [5.74, 6) is -0.376. The molecule has 4 nitrogen and oxygen atoms in total. The summed E-state index contributed by atoms with van der Waals surface area (Å²) in [6.07, 6.45) is -3.69. The van der Waals surface area contributed by atoms with Crippen molar-refractivity contribution in [3.8, 4) is 5.88 Å². The average molecular weight is 374 g/mol. The lowest BCUT2D eigenvalue weighted by atomic mass is 10.2. The van der Waals surface area contributed by atoms with E-state index < -0.39 is 23.7 Å². The third-order valence-corrected chi connectivity index (χ3v) is 3.95. The number of hydrogen-bond acceptors (Lipinski definition) is 4. The topological polar surface area (TPSA) is 38.2 Å². The molecular weight excluding hydrogens is 355 g/mol. The van der Waals surface area contributed by atoms with Crippen LogP contribution in [0.25, 0.3) is 0 Å². The Morgan fingerprint density at radius 1 is 1.24 bits per heavy atom. The van der Waals surface area contributed by atoms with E-state index in [9.17, 15) is 13.2 Å². The highest BCUT2D eigenvalue weighted by atomic mass is 35.5. The number of halogens is 4. The van der Waals surface area contributed by atoms with Crippen molar-refractivity contribution in [2.45, 2.75) is 39.5 Å². The minimum Gasteiger partial charge on any atom is -0.474 e. The first-order valence-electron chi connectivity index (χ1n) is 7.90. The lowest BCUT2D eigenvalue weighted by molar-refractivity contribution is -0.139. The van der Waals surface area contributed by atoms with Crippen LogP contribution in [-0.4, -0.2) is 22.6 Å². The molecule has 0 amide bonds. The van der Waals surface area contributed by atoms with Crippen molar-refractivity contribution in [3.05, 3.63) is 41.0 Å². The Morgan fingerprint density at radius 2 is 1.92 bits per heavy atom. The van der Waals surface area contributed by atoms with E-state index in [0.717, 1.165) is 6.20 Å². The minimum absolute atomic E-state index is 0.0990. The number of aromatic nitrogens is 2. The van der Waals surface area contributed by atoms with E-state index >= 15 is 0 Å². The Bertz CT molecular complexity index is 725. The van der Waals surface area contributed by atoms with Gasteiger partial charge in [0.2, 0.25) is 11.8 Å². The second-order valence-electron chi connectivity index (χ2n) is 5.42. The molecule has 0 saturated heterocycles. The normalized spacial score (nSPS) is 12.8. The first-order valence-corrected chi connectivity index (χ1v) is 8.28. The summed E-state index contributed by atoms with van der Waals surface area (Å²) in [6.45, 7) is 5.77. The number of ether oxygens (including phenoxy) is 1. The molecule has 1 aromatic carbocycles. The molecule has 0 aliphatic heterocycles. The molecule has 0 spiro atoms. The fraction of sp³-hybridized carbons (Fsp3) is 0.412. The molecule has 0 N–H and O–H groups in total. The Labute approximate surface area is 149 Å². The number of benzene rings is 1. The van der Waals surface area contributed by atoms with Gasteiger partial charge < -0.3 is 9.64 Å². The molecule has 0 aliphatic rings. The highest BCUT2D eigenvalue weighted by Crippen LogP contribution is 2.37. The van der Waals surface area contributed by atoms with Gasteiger partial charge in [-0.05, 0) is 32.4 Å². The molecule has 136 valence electrons. The van der Waals surface area contributed by atoms with E-state index in [0.29, 0.717) is 23.7 Å². The number of para-hydroxylation sites is 1. The van der Waals surface area contributed by atoms with Crippen LogP contribution in [0.3, 0.4) is 0 Å². The van der Waals surface area contributed by atoms with Crippen molar-refractivity contribution in [1.82, 2.24) is 9.97 Å². The SMILES string of the molecule is CCC(C)Oc1nc(N(CC)c2ccccc2Cl)ncc1C(F)(F)F. The molecule has 0 aliphatic carbocycles. The van der Waals surface area contributed by atoms with Gasteiger partial charge in [-0.1, -0.05) is 30.7 Å². The average Bonchev–Trinajstić information content (AvgIpc) is 2.56. The van der Waals surface area contributed by atoms with Gasteiger partial charge in [0, 0.05) is 12.7 Å². The lowest BCUT2D eigenvalue weighted by Crippen LogP contribution is -2.22. The Morgan fingerprint density at radius 3 is 2.48 bits per heavy atom. The van der Waals surface area contributed by atoms with Crippen LogP contribution in [0, 0.1) is 0 Å². The van der Waals surface area contributed by atoms with E-state index in [1.165, 1.54) is 0 Å². The molecule has 1 unspecified atom stereocenters. The summed E-state index contributed by atoms with van der Waals surface area (Å²) in [5, 5.41) is 0.456. The second-order valence-corrected chi connectivity index (χ2v) is 5.83. The molecular formula is C17H19ClF3N3O. The van der Waals surface area contributed by atoms with Crippen molar-refractivity contribution in [2.24, 2.45) is 0 Å². The summed E-state index contributed by atoms with van der Waals surface area (Å²) in [4.78, 5) is 9.54. The van der Waals surface area contributed by atoms with Gasteiger partial charge in [0.1, 0.15) is 5.56 Å². The maximum Gasteiger partial charge on any atom is 0.423 e. The number of alkyl halides is 3. The molecule has 0 saturated carbocycles. The molecule has 1 atom stereocenters. The van der Waals surface area contributed by atoms with E-state index in [-0.39, 0.29) is 5.95 Å². The van der Waals surface area contributed by atoms with E-state index in [4.69, 9.17) is 16.3 Å². The van der Waals surface area contributed by atoms with Gasteiger partial charge in [-0.25, -0.2) is 4.98 Å². The monoisotopic (exact) mass is 373 g/mol. The maximum absolute atomic E-state index is 13.2. The van der Waals surface area contributed by atoms with Gasteiger partial charge in [0.15, 0.2) is 0 Å². The zero-order valence-electron chi connectivity index (χ0n) is 14.1. The van der Waals surface area contributed by atoms with Gasteiger partial charge in [-0.15, -0.1) is 0 Å². The summed E-state index contributed by atoms with van der Waals surface area (Å²) in [7, 11) is 0. The van der Waals surface area contributed by atoms with Crippen LogP contribution in [0.2, 0.25) is 5.02 Å². The van der Waals surface area contributed by atoms with Crippen LogP contribution in [0.15, 0.2) is 30.5 Å². The third kappa shape index (κ3) is 4.54. The minimum atomic E-state index is -4.59. The smallest absolute Gasteiger partial charge is 0.423 e. The highest BCUT2D eigenvalue weighted by molar-refractivity contribution is 6.33. The van der Waals surface area contributed by atoms with Crippen LogP contribution in [0.4, 0.5) is 24.8 Å². The zero-order chi connectivity index (χ0) is 18.6. The number of anilines is 2. The standard InChI is InChI=1S/C17H19ClF3N3O/c1-4-11(3)25-15-12(17(19,20)21)10-22-16(23-15)24(5-2)14-9-7-6-8-13(14)18/h6-11H,4-5H2,1-3H3. The molecule has 0 bridgehead atoms. The first kappa shape index (κ1) is 19.3. The number of rotatable bonds is 6. The largest absolute Gasteiger partial charge is 0.474 e. The molecule has 2 aromatic rings. The van der Waals surface area contributed by atoms with Gasteiger partial charge in [-0.2, -0.15) is 18.2 Å². The van der Waals surface area contributed by atoms with Gasteiger partial charge in [-0.3, -0.25) is 0 Å². The fourth-order valence-corrected chi connectivity index (χ4v) is 2.37. The molecule has 0 radical (unpaired) electrons. The molecule has 8 heteroatoms. The van der Waals surface area contributed by atoms with Crippen molar-refractivity contribution < 1.29 is 17.9 Å². The van der Waals surface area contributed by atoms with Crippen LogP contribution < -0.4 is 9.64 Å². The van der Waals surface area contributed by atoms with Crippen LogP contribution in [0.1, 0.15) is 32.8 Å². The van der Waals surface area contributed by atoms with Crippen molar-refractivity contribution in [2.75, 3.05) is 11.4 Å². The Balaban J connectivity index is 2.51. The number of nitrogens with zero attached hydrogens (tertiary/aromatic N) is 3. The zero-order valence-corrected chi connectivity index (χ0v) is 14.9. The molecule has 0 fully saturated rings. The van der Waals surface area contributed by atoms with Gasteiger partial charge >= 0.3 is 6.18 Å². The summed E-state index contributed by atoms with van der Waals surface area (Å²) in [5.41, 5.74) is -0.382. The Hall–Kier alpha value is -2.02. The van der Waals surface area contributed by atoms with Crippen LogP contribution >= 0.6 is 11.6 Å². The van der Waals surface area contributed by atoms with E-state index in [1.54, 1.807) is 36.1 Å². The predicted octanol–water partition coefficient (Wildman–Crippen LogP) is 5.48. The molecule has 25 heavy (non-hydrogen) atoms. The third-order valence-electron chi connectivity index (χ3n) is 3.64. The van der Waals surface area contributed by atoms with Gasteiger partial charge in [0.25, 0.3) is 0 Å². The second kappa shape index (κ2) is 7.91. The van der Waals surface area contributed by atoms with Crippen molar-refractivity contribution in [1.29, 1.82) is 0 Å². The highest BCUT2D eigenvalue weighted by Gasteiger charge is 2.37. The molecule has 2 rings (SSSR count). The summed E-state index contributed by atoms with van der Waals surface area (Å²) in [6, 6.07) is 7.00. The van der Waals surface area contributed by atoms with E-state index in [1.807, 2.05) is 13.8 Å². The summed E-state index contributed by atoms with van der Waals surface area (Å²) >= 11 is 6.19. The first-order chi connectivity index (χ1) is 11.8. The van der Waals surface area contributed by atoms with Gasteiger partial charge in [0.05, 0.1) is 16.8 Å². The maximum atomic E-state index is 13.2. The van der Waals surface area contributed by atoms with Crippen LogP contribution in [-0.2, 0) is 6.18 Å².